The lowest BCUT2D eigenvalue weighted by molar-refractivity contribution is -0.128. The van der Waals surface area contributed by atoms with Crippen LogP contribution in [0.4, 0.5) is 0 Å². The number of nitrogens with one attached hydrogen (secondary N) is 2. The summed E-state index contributed by atoms with van der Waals surface area (Å²) in [5.41, 5.74) is -0.833. The molecule has 2 aliphatic carbocycles. The first-order valence-corrected chi connectivity index (χ1v) is 5.15. The fourth-order valence-corrected chi connectivity index (χ4v) is 1.35. The first-order chi connectivity index (χ1) is 7.16. The Morgan fingerprint density at radius 2 is 2.07 bits per heavy atom. The van der Waals surface area contributed by atoms with Crippen LogP contribution in [0.15, 0.2) is 0 Å². The Morgan fingerprint density at radius 3 is 2.53 bits per heavy atom. The molecule has 0 aromatic carbocycles. The number of hydrogen-bond donors (Lipinski definition) is 2. The highest BCUT2D eigenvalue weighted by Crippen LogP contribution is 2.44. The molecule has 2 aliphatic rings. The van der Waals surface area contributed by atoms with Crippen molar-refractivity contribution >= 4 is 11.8 Å². The van der Waals surface area contributed by atoms with Crippen LogP contribution in [0, 0.1) is 16.7 Å². The number of carbonyl (C=O) groups excluding carboxylic acids is 2. The number of rotatable bonds is 4. The third-order valence-corrected chi connectivity index (χ3v) is 2.75. The molecule has 0 unspecified atom stereocenters. The standard InChI is InChI=1S/C10H13N3O2/c11-6-10(3-4-10)9(15)12-5-8(14)13-7-1-2-7/h7H,1-5H2,(H,12,15)(H,13,14). The summed E-state index contributed by atoms with van der Waals surface area (Å²) >= 11 is 0. The van der Waals surface area contributed by atoms with E-state index in [1.165, 1.54) is 0 Å². The Hall–Kier alpha value is -1.57. The highest BCUT2D eigenvalue weighted by atomic mass is 16.2. The molecule has 0 atom stereocenters. The summed E-state index contributed by atoms with van der Waals surface area (Å²) in [6, 6.07) is 2.29. The van der Waals surface area contributed by atoms with E-state index in [1.54, 1.807) is 0 Å². The van der Waals surface area contributed by atoms with Gasteiger partial charge in [0.25, 0.3) is 0 Å². The van der Waals surface area contributed by atoms with Crippen molar-refractivity contribution in [1.82, 2.24) is 10.6 Å². The van der Waals surface area contributed by atoms with Crippen molar-refractivity contribution in [2.24, 2.45) is 5.41 Å². The van der Waals surface area contributed by atoms with Gasteiger partial charge in [-0.3, -0.25) is 9.59 Å². The van der Waals surface area contributed by atoms with E-state index in [9.17, 15) is 9.59 Å². The lowest BCUT2D eigenvalue weighted by atomic mass is 10.1. The number of nitriles is 1. The second kappa shape index (κ2) is 3.54. The molecule has 0 aromatic heterocycles. The van der Waals surface area contributed by atoms with Gasteiger partial charge in [0.15, 0.2) is 0 Å². The third-order valence-electron chi connectivity index (χ3n) is 2.75. The molecule has 0 aliphatic heterocycles. The van der Waals surface area contributed by atoms with E-state index in [0.29, 0.717) is 18.9 Å². The van der Waals surface area contributed by atoms with Crippen LogP contribution >= 0.6 is 0 Å². The van der Waals surface area contributed by atoms with Crippen molar-refractivity contribution in [2.45, 2.75) is 31.7 Å². The second-order valence-electron chi connectivity index (χ2n) is 4.22. The first-order valence-electron chi connectivity index (χ1n) is 5.15. The van der Waals surface area contributed by atoms with Crippen molar-refractivity contribution in [2.75, 3.05) is 6.54 Å². The molecule has 0 bridgehead atoms. The Morgan fingerprint density at radius 1 is 1.40 bits per heavy atom. The topological polar surface area (TPSA) is 82.0 Å². The van der Waals surface area contributed by atoms with E-state index in [4.69, 9.17) is 5.26 Å². The number of carbonyl (C=O) groups is 2. The lowest BCUT2D eigenvalue weighted by Crippen LogP contribution is -2.40. The molecule has 0 radical (unpaired) electrons. The molecule has 2 rings (SSSR count). The fraction of sp³-hybridized carbons (Fsp3) is 0.700. The van der Waals surface area contributed by atoms with Gasteiger partial charge in [-0.1, -0.05) is 0 Å². The van der Waals surface area contributed by atoms with Crippen molar-refractivity contribution in [3.63, 3.8) is 0 Å². The minimum atomic E-state index is -0.833. The van der Waals surface area contributed by atoms with Gasteiger partial charge in [0.05, 0.1) is 12.6 Å². The molecular formula is C10H13N3O2. The zero-order chi connectivity index (χ0) is 10.9. The van der Waals surface area contributed by atoms with E-state index >= 15 is 0 Å². The lowest BCUT2D eigenvalue weighted by Gasteiger charge is -2.07. The maximum Gasteiger partial charge on any atom is 0.240 e. The van der Waals surface area contributed by atoms with Gasteiger partial charge in [-0.05, 0) is 25.7 Å². The summed E-state index contributed by atoms with van der Waals surface area (Å²) in [4.78, 5) is 22.7. The summed E-state index contributed by atoms with van der Waals surface area (Å²) in [5, 5.41) is 14.0. The normalized spacial score (nSPS) is 21.3. The minimum absolute atomic E-state index is 0.0151. The minimum Gasteiger partial charge on any atom is -0.352 e. The van der Waals surface area contributed by atoms with E-state index < -0.39 is 5.41 Å². The van der Waals surface area contributed by atoms with Crippen molar-refractivity contribution in [3.05, 3.63) is 0 Å². The van der Waals surface area contributed by atoms with Crippen LogP contribution in [-0.2, 0) is 9.59 Å². The average molecular weight is 207 g/mol. The summed E-state index contributed by atoms with van der Waals surface area (Å²) in [6.45, 7) is -0.0151. The monoisotopic (exact) mass is 207 g/mol. The highest BCUT2D eigenvalue weighted by Gasteiger charge is 2.50. The molecule has 0 saturated heterocycles. The van der Waals surface area contributed by atoms with Crippen molar-refractivity contribution in [3.8, 4) is 6.07 Å². The molecule has 80 valence electrons. The van der Waals surface area contributed by atoms with Crippen LogP contribution < -0.4 is 10.6 Å². The predicted octanol–water partition coefficient (Wildman–Crippen LogP) is -0.315. The van der Waals surface area contributed by atoms with E-state index in [1.807, 2.05) is 6.07 Å². The van der Waals surface area contributed by atoms with Crippen molar-refractivity contribution in [1.29, 1.82) is 5.26 Å². The Balaban J connectivity index is 1.71. The van der Waals surface area contributed by atoms with Crippen LogP contribution in [0.5, 0.6) is 0 Å². The Kier molecular flexibility index (Phi) is 2.35. The van der Waals surface area contributed by atoms with Gasteiger partial charge in [-0.2, -0.15) is 5.26 Å². The molecule has 0 heterocycles. The molecule has 5 heteroatoms. The maximum atomic E-state index is 11.5. The molecule has 2 fully saturated rings. The third kappa shape index (κ3) is 2.27. The molecular weight excluding hydrogens is 194 g/mol. The number of hydrogen-bond acceptors (Lipinski definition) is 3. The molecule has 2 amide bonds. The van der Waals surface area contributed by atoms with E-state index in [0.717, 1.165) is 12.8 Å². The van der Waals surface area contributed by atoms with Gasteiger partial charge in [0.2, 0.25) is 11.8 Å². The Labute approximate surface area is 87.8 Å². The van der Waals surface area contributed by atoms with Crippen LogP contribution in [-0.4, -0.2) is 24.4 Å². The molecule has 2 N–H and O–H groups in total. The van der Waals surface area contributed by atoms with Crippen molar-refractivity contribution < 1.29 is 9.59 Å². The SMILES string of the molecule is N#CC1(C(=O)NCC(=O)NC2CC2)CC1. The van der Waals surface area contributed by atoms with Gasteiger partial charge < -0.3 is 10.6 Å². The fourth-order valence-electron chi connectivity index (χ4n) is 1.35. The molecule has 15 heavy (non-hydrogen) atoms. The highest BCUT2D eigenvalue weighted by molar-refractivity contribution is 5.91. The number of nitrogens with zero attached hydrogens (tertiary/aromatic N) is 1. The van der Waals surface area contributed by atoms with Crippen LogP contribution in [0.25, 0.3) is 0 Å². The molecule has 2 saturated carbocycles. The summed E-state index contributed by atoms with van der Waals surface area (Å²) < 4.78 is 0. The van der Waals surface area contributed by atoms with Crippen LogP contribution in [0.3, 0.4) is 0 Å². The van der Waals surface area contributed by atoms with Crippen LogP contribution in [0.2, 0.25) is 0 Å². The quantitative estimate of drug-likeness (QED) is 0.663. The summed E-state index contributed by atoms with van der Waals surface area (Å²) in [7, 11) is 0. The van der Waals surface area contributed by atoms with E-state index in [-0.39, 0.29) is 18.4 Å². The summed E-state index contributed by atoms with van der Waals surface area (Å²) in [6.07, 6.45) is 3.28. The predicted molar refractivity (Wildman–Crippen MR) is 51.5 cm³/mol. The van der Waals surface area contributed by atoms with Gasteiger partial charge in [-0.15, -0.1) is 0 Å². The second-order valence-corrected chi connectivity index (χ2v) is 4.22. The molecule has 0 aromatic rings. The zero-order valence-corrected chi connectivity index (χ0v) is 8.38. The van der Waals surface area contributed by atoms with Gasteiger partial charge in [0, 0.05) is 6.04 Å². The molecule has 5 nitrogen and oxygen atoms in total. The maximum absolute atomic E-state index is 11.5. The van der Waals surface area contributed by atoms with Crippen LogP contribution in [0.1, 0.15) is 25.7 Å². The first kappa shape index (κ1) is 9.97. The number of amides is 2. The van der Waals surface area contributed by atoms with Gasteiger partial charge >= 0.3 is 0 Å². The largest absolute Gasteiger partial charge is 0.352 e. The van der Waals surface area contributed by atoms with Gasteiger partial charge in [-0.25, -0.2) is 0 Å². The van der Waals surface area contributed by atoms with Gasteiger partial charge in [0.1, 0.15) is 5.41 Å². The average Bonchev–Trinajstić information content (AvgIpc) is 3.08. The molecule has 0 spiro atoms. The Bertz CT molecular complexity index is 337. The van der Waals surface area contributed by atoms with E-state index in [2.05, 4.69) is 10.6 Å². The summed E-state index contributed by atoms with van der Waals surface area (Å²) in [5.74, 6) is -0.476. The smallest absolute Gasteiger partial charge is 0.240 e. The zero-order valence-electron chi connectivity index (χ0n) is 8.38.